The predicted octanol–water partition coefficient (Wildman–Crippen LogP) is 2.64. The Balaban J connectivity index is 1.93. The molecule has 1 atom stereocenters. The van der Waals surface area contributed by atoms with Crippen LogP contribution in [0, 0.1) is 0 Å². The Morgan fingerprint density at radius 3 is 3.06 bits per heavy atom. The molecule has 0 radical (unpaired) electrons. The molecule has 0 aliphatic carbocycles. The third-order valence-electron chi connectivity index (χ3n) is 3.09. The van der Waals surface area contributed by atoms with Crippen LogP contribution in [0.4, 0.5) is 5.69 Å². The van der Waals surface area contributed by atoms with Crippen molar-refractivity contribution in [3.05, 3.63) is 28.2 Å². The molecule has 0 aromatic heterocycles. The molecule has 94 valence electrons. The average molecular weight is 299 g/mol. The third-order valence-corrected chi connectivity index (χ3v) is 4.06. The van der Waals surface area contributed by atoms with Gasteiger partial charge < -0.3 is 10.5 Å². The summed E-state index contributed by atoms with van der Waals surface area (Å²) in [6.07, 6.45) is 2.78. The molecule has 1 aromatic carbocycles. The third kappa shape index (κ3) is 3.44. The van der Waals surface area contributed by atoms with Crippen LogP contribution in [0.2, 0.25) is 0 Å². The summed E-state index contributed by atoms with van der Waals surface area (Å²) in [6.45, 7) is 2.80. The van der Waals surface area contributed by atoms with E-state index < -0.39 is 0 Å². The number of hydrogen-bond acceptors (Lipinski definition) is 3. The topological polar surface area (TPSA) is 38.5 Å². The number of nitrogens with zero attached hydrogens (tertiary/aromatic N) is 1. The maximum absolute atomic E-state index is 5.87. The zero-order valence-electron chi connectivity index (χ0n) is 10.2. The van der Waals surface area contributed by atoms with Gasteiger partial charge in [-0.25, -0.2) is 0 Å². The minimum atomic E-state index is 0.403. The highest BCUT2D eigenvalue weighted by atomic mass is 79.9. The van der Waals surface area contributed by atoms with E-state index in [4.69, 9.17) is 10.5 Å². The highest BCUT2D eigenvalue weighted by Crippen LogP contribution is 2.25. The van der Waals surface area contributed by atoms with Gasteiger partial charge in [-0.05, 0) is 47.4 Å². The van der Waals surface area contributed by atoms with Gasteiger partial charge in [0, 0.05) is 29.9 Å². The molecule has 3 nitrogen and oxygen atoms in total. The van der Waals surface area contributed by atoms with Gasteiger partial charge in [0.05, 0.1) is 6.10 Å². The van der Waals surface area contributed by atoms with Gasteiger partial charge in [0.2, 0.25) is 0 Å². The number of hydrogen-bond donors (Lipinski definition) is 1. The fourth-order valence-electron chi connectivity index (χ4n) is 2.21. The first-order valence-electron chi connectivity index (χ1n) is 6.00. The van der Waals surface area contributed by atoms with E-state index in [1.807, 2.05) is 12.1 Å². The Kier molecular flexibility index (Phi) is 4.42. The molecular weight excluding hydrogens is 280 g/mol. The van der Waals surface area contributed by atoms with E-state index in [2.05, 4.69) is 33.9 Å². The normalized spacial score (nSPS) is 20.1. The first-order chi connectivity index (χ1) is 8.16. The highest BCUT2D eigenvalue weighted by Gasteiger charge is 2.17. The molecule has 1 saturated heterocycles. The van der Waals surface area contributed by atoms with Crippen LogP contribution in [0.3, 0.4) is 0 Å². The molecule has 1 aliphatic heterocycles. The molecule has 2 rings (SSSR count). The number of halogens is 1. The maximum atomic E-state index is 5.87. The second-order valence-electron chi connectivity index (χ2n) is 4.65. The molecule has 1 heterocycles. The number of benzene rings is 1. The molecular formula is C13H19BrN2O. The van der Waals surface area contributed by atoms with Crippen LogP contribution < -0.4 is 5.73 Å². The second-order valence-corrected chi connectivity index (χ2v) is 5.45. The molecule has 0 bridgehead atoms. The van der Waals surface area contributed by atoms with Gasteiger partial charge in [0.15, 0.2) is 0 Å². The van der Waals surface area contributed by atoms with Crippen molar-refractivity contribution in [1.82, 2.24) is 4.90 Å². The summed E-state index contributed by atoms with van der Waals surface area (Å²) in [5, 5.41) is 0. The van der Waals surface area contributed by atoms with Gasteiger partial charge >= 0.3 is 0 Å². The van der Waals surface area contributed by atoms with E-state index in [1.54, 1.807) is 0 Å². The van der Waals surface area contributed by atoms with Crippen molar-refractivity contribution in [2.24, 2.45) is 0 Å². The van der Waals surface area contributed by atoms with Crippen LogP contribution in [-0.4, -0.2) is 31.2 Å². The zero-order chi connectivity index (χ0) is 12.3. The minimum Gasteiger partial charge on any atom is -0.398 e. The van der Waals surface area contributed by atoms with E-state index in [9.17, 15) is 0 Å². The van der Waals surface area contributed by atoms with E-state index in [0.29, 0.717) is 6.10 Å². The van der Waals surface area contributed by atoms with Crippen LogP contribution in [0.1, 0.15) is 18.4 Å². The van der Waals surface area contributed by atoms with Crippen LogP contribution in [0.15, 0.2) is 22.7 Å². The number of nitrogens with two attached hydrogens (primary N) is 1. The van der Waals surface area contributed by atoms with Crippen molar-refractivity contribution in [2.45, 2.75) is 25.5 Å². The molecule has 2 N–H and O–H groups in total. The molecule has 1 aliphatic rings. The summed E-state index contributed by atoms with van der Waals surface area (Å²) in [5.74, 6) is 0. The lowest BCUT2D eigenvalue weighted by atomic mass is 10.2. The number of rotatable bonds is 4. The maximum Gasteiger partial charge on any atom is 0.0702 e. The predicted molar refractivity (Wildman–Crippen MR) is 73.9 cm³/mol. The Labute approximate surface area is 111 Å². The average Bonchev–Trinajstić information content (AvgIpc) is 2.77. The van der Waals surface area contributed by atoms with Crippen LogP contribution in [0.25, 0.3) is 0 Å². The van der Waals surface area contributed by atoms with Gasteiger partial charge in [-0.2, -0.15) is 0 Å². The highest BCUT2D eigenvalue weighted by molar-refractivity contribution is 9.10. The Bertz CT molecular complexity index is 378. The van der Waals surface area contributed by atoms with Crippen molar-refractivity contribution < 1.29 is 4.74 Å². The summed E-state index contributed by atoms with van der Waals surface area (Å²) >= 11 is 3.54. The van der Waals surface area contributed by atoms with Crippen molar-refractivity contribution in [3.8, 4) is 0 Å². The smallest absolute Gasteiger partial charge is 0.0702 e. The van der Waals surface area contributed by atoms with E-state index in [1.165, 1.54) is 18.4 Å². The van der Waals surface area contributed by atoms with Crippen molar-refractivity contribution in [3.63, 3.8) is 0 Å². The van der Waals surface area contributed by atoms with Gasteiger partial charge in [-0.15, -0.1) is 0 Å². The molecule has 0 spiro atoms. The zero-order valence-corrected chi connectivity index (χ0v) is 11.7. The molecule has 1 unspecified atom stereocenters. The number of ether oxygens (including phenoxy) is 1. The minimum absolute atomic E-state index is 0.403. The van der Waals surface area contributed by atoms with Crippen molar-refractivity contribution in [2.75, 3.05) is 25.9 Å². The monoisotopic (exact) mass is 298 g/mol. The summed E-state index contributed by atoms with van der Waals surface area (Å²) in [7, 11) is 2.12. The van der Waals surface area contributed by atoms with Crippen LogP contribution >= 0.6 is 15.9 Å². The van der Waals surface area contributed by atoms with Crippen LogP contribution in [-0.2, 0) is 11.3 Å². The fourth-order valence-corrected chi connectivity index (χ4v) is 2.60. The molecule has 17 heavy (non-hydrogen) atoms. The van der Waals surface area contributed by atoms with E-state index in [-0.39, 0.29) is 0 Å². The number of nitrogen functional groups attached to an aromatic ring is 1. The standard InChI is InChI=1S/C13H19BrN2O/c1-16(9-11-5-3-7-17-11)8-10-4-2-6-12(15)13(10)14/h2,4,6,11H,3,5,7-9,15H2,1H3. The largest absolute Gasteiger partial charge is 0.398 e. The fraction of sp³-hybridized carbons (Fsp3) is 0.538. The molecule has 1 aromatic rings. The first-order valence-corrected chi connectivity index (χ1v) is 6.79. The van der Waals surface area contributed by atoms with E-state index in [0.717, 1.165) is 29.9 Å². The SMILES string of the molecule is CN(Cc1cccc(N)c1Br)CC1CCCO1. The number of anilines is 1. The van der Waals surface area contributed by atoms with Crippen molar-refractivity contribution >= 4 is 21.6 Å². The Morgan fingerprint density at radius 1 is 1.53 bits per heavy atom. The van der Waals surface area contributed by atoms with Gasteiger partial charge in [0.1, 0.15) is 0 Å². The first kappa shape index (κ1) is 12.9. The van der Waals surface area contributed by atoms with Gasteiger partial charge in [-0.1, -0.05) is 12.1 Å². The molecule has 0 amide bonds. The quantitative estimate of drug-likeness (QED) is 0.869. The molecule has 1 fully saturated rings. The lowest BCUT2D eigenvalue weighted by Crippen LogP contribution is -2.28. The molecule has 0 saturated carbocycles. The Morgan fingerprint density at radius 2 is 2.35 bits per heavy atom. The van der Waals surface area contributed by atoms with Gasteiger partial charge in [-0.3, -0.25) is 4.90 Å². The lowest BCUT2D eigenvalue weighted by molar-refractivity contribution is 0.0793. The lowest BCUT2D eigenvalue weighted by Gasteiger charge is -2.21. The molecule has 4 heteroatoms. The number of likely N-dealkylation sites (N-methyl/N-ethyl adjacent to an activating group) is 1. The van der Waals surface area contributed by atoms with Crippen molar-refractivity contribution in [1.29, 1.82) is 0 Å². The summed E-state index contributed by atoms with van der Waals surface area (Å²) < 4.78 is 6.65. The van der Waals surface area contributed by atoms with Crippen LogP contribution in [0.5, 0.6) is 0 Å². The second kappa shape index (κ2) is 5.85. The van der Waals surface area contributed by atoms with E-state index >= 15 is 0 Å². The van der Waals surface area contributed by atoms with Gasteiger partial charge in [0.25, 0.3) is 0 Å². The summed E-state index contributed by atoms with van der Waals surface area (Å²) in [6, 6.07) is 6.01. The summed E-state index contributed by atoms with van der Waals surface area (Å²) in [5.41, 5.74) is 7.90. The Hall–Kier alpha value is -0.580. The summed E-state index contributed by atoms with van der Waals surface area (Å²) in [4.78, 5) is 2.29.